The fraction of sp³-hybridized carbons (Fsp3) is 0.500. The van der Waals surface area contributed by atoms with Crippen molar-refractivity contribution in [3.63, 3.8) is 0 Å². The molecule has 27 heavy (non-hydrogen) atoms. The van der Waals surface area contributed by atoms with Crippen LogP contribution in [0.1, 0.15) is 46.6 Å². The zero-order valence-corrected chi connectivity index (χ0v) is 16.4. The first-order chi connectivity index (χ1) is 13.2. The maximum Gasteiger partial charge on any atom is 0.270 e. The second kappa shape index (κ2) is 7.77. The maximum atomic E-state index is 13.0. The molecule has 1 aromatic carbocycles. The lowest BCUT2D eigenvalue weighted by Crippen LogP contribution is -2.36. The molecule has 2 aliphatic rings. The largest absolute Gasteiger partial charge is 0.497 e. The third kappa shape index (κ3) is 3.74. The monoisotopic (exact) mass is 367 g/mol. The van der Waals surface area contributed by atoms with Gasteiger partial charge in [-0.25, -0.2) is 0 Å². The Kier molecular flexibility index (Phi) is 5.21. The molecule has 0 bridgehead atoms. The molecule has 2 aromatic rings. The summed E-state index contributed by atoms with van der Waals surface area (Å²) in [6, 6.07) is 10.4. The van der Waals surface area contributed by atoms with Gasteiger partial charge in [0.1, 0.15) is 11.4 Å². The van der Waals surface area contributed by atoms with E-state index < -0.39 is 0 Å². The van der Waals surface area contributed by atoms with Crippen LogP contribution in [0.4, 0.5) is 0 Å². The van der Waals surface area contributed by atoms with Crippen molar-refractivity contribution in [3.8, 4) is 5.75 Å². The maximum absolute atomic E-state index is 13.0. The summed E-state index contributed by atoms with van der Waals surface area (Å²) in [5.74, 6) is 1.10. The highest BCUT2D eigenvalue weighted by Crippen LogP contribution is 2.26. The van der Waals surface area contributed by atoms with Crippen LogP contribution < -0.4 is 4.74 Å². The second-order valence-electron chi connectivity index (χ2n) is 7.73. The van der Waals surface area contributed by atoms with Gasteiger partial charge in [-0.05, 0) is 48.6 Å². The van der Waals surface area contributed by atoms with Crippen LogP contribution in [0.15, 0.2) is 30.3 Å². The van der Waals surface area contributed by atoms with Crippen LogP contribution in [0.3, 0.4) is 0 Å². The van der Waals surface area contributed by atoms with E-state index in [0.29, 0.717) is 0 Å². The molecule has 0 unspecified atom stereocenters. The van der Waals surface area contributed by atoms with Gasteiger partial charge in [-0.3, -0.25) is 9.69 Å². The number of amides is 1. The number of rotatable bonds is 4. The SMILES string of the molecule is COc1cccc(CN2CCc3c(cc(C(=O)N4CCCCC4)n3C)C2)c1. The topological polar surface area (TPSA) is 37.7 Å². The lowest BCUT2D eigenvalue weighted by atomic mass is 10.1. The first-order valence-electron chi connectivity index (χ1n) is 9.98. The van der Waals surface area contributed by atoms with E-state index in [1.807, 2.05) is 24.1 Å². The summed E-state index contributed by atoms with van der Waals surface area (Å²) < 4.78 is 7.47. The Morgan fingerprint density at radius 2 is 1.93 bits per heavy atom. The summed E-state index contributed by atoms with van der Waals surface area (Å²) >= 11 is 0. The Bertz CT molecular complexity index is 821. The minimum Gasteiger partial charge on any atom is -0.497 e. The molecule has 144 valence electrons. The number of ether oxygens (including phenoxy) is 1. The summed E-state index contributed by atoms with van der Waals surface area (Å²) in [5, 5.41) is 0. The zero-order chi connectivity index (χ0) is 18.8. The molecule has 0 atom stereocenters. The molecular weight excluding hydrogens is 338 g/mol. The summed E-state index contributed by atoms with van der Waals surface area (Å²) in [5.41, 5.74) is 4.73. The summed E-state index contributed by atoms with van der Waals surface area (Å²) in [7, 11) is 3.75. The molecule has 0 saturated carbocycles. The summed E-state index contributed by atoms with van der Waals surface area (Å²) in [6.07, 6.45) is 4.49. The van der Waals surface area contributed by atoms with Gasteiger partial charge in [-0.2, -0.15) is 0 Å². The lowest BCUT2D eigenvalue weighted by Gasteiger charge is -2.28. The third-order valence-corrected chi connectivity index (χ3v) is 5.91. The number of hydrogen-bond acceptors (Lipinski definition) is 3. The number of piperidine rings is 1. The van der Waals surface area contributed by atoms with E-state index in [9.17, 15) is 4.79 Å². The third-order valence-electron chi connectivity index (χ3n) is 5.91. The fourth-order valence-electron chi connectivity index (χ4n) is 4.38. The number of aromatic nitrogens is 1. The number of likely N-dealkylation sites (tertiary alicyclic amines) is 1. The van der Waals surface area contributed by atoms with Gasteiger partial charge in [-0.15, -0.1) is 0 Å². The van der Waals surface area contributed by atoms with Crippen molar-refractivity contribution in [1.29, 1.82) is 0 Å². The van der Waals surface area contributed by atoms with Crippen LogP contribution in [0, 0.1) is 0 Å². The minimum absolute atomic E-state index is 0.200. The van der Waals surface area contributed by atoms with E-state index in [0.717, 1.165) is 63.4 Å². The first-order valence-corrected chi connectivity index (χ1v) is 9.98. The second-order valence-corrected chi connectivity index (χ2v) is 7.73. The van der Waals surface area contributed by atoms with Gasteiger partial charge in [0, 0.05) is 51.9 Å². The van der Waals surface area contributed by atoms with Gasteiger partial charge in [0.2, 0.25) is 0 Å². The average molecular weight is 367 g/mol. The van der Waals surface area contributed by atoms with E-state index in [-0.39, 0.29) is 5.91 Å². The number of nitrogens with zero attached hydrogens (tertiary/aromatic N) is 3. The van der Waals surface area contributed by atoms with Crippen LogP contribution in [0.5, 0.6) is 5.75 Å². The molecule has 4 rings (SSSR count). The summed E-state index contributed by atoms with van der Waals surface area (Å²) in [6.45, 7) is 4.61. The van der Waals surface area contributed by atoms with Crippen molar-refractivity contribution >= 4 is 5.91 Å². The number of benzene rings is 1. The fourth-order valence-corrected chi connectivity index (χ4v) is 4.38. The van der Waals surface area contributed by atoms with E-state index in [4.69, 9.17) is 4.74 Å². The predicted octanol–water partition coefficient (Wildman–Crippen LogP) is 3.22. The normalized spacial score (nSPS) is 17.6. The van der Waals surface area contributed by atoms with Crippen molar-refractivity contribution in [3.05, 3.63) is 52.8 Å². The molecule has 0 radical (unpaired) electrons. The van der Waals surface area contributed by atoms with Gasteiger partial charge in [0.25, 0.3) is 5.91 Å². The van der Waals surface area contributed by atoms with Crippen molar-refractivity contribution < 1.29 is 9.53 Å². The van der Waals surface area contributed by atoms with Crippen LogP contribution in [0.2, 0.25) is 0 Å². The van der Waals surface area contributed by atoms with Crippen LogP contribution in [0.25, 0.3) is 0 Å². The number of carbonyl (C=O) groups excluding carboxylic acids is 1. The number of carbonyl (C=O) groups is 1. The summed E-state index contributed by atoms with van der Waals surface area (Å²) in [4.78, 5) is 17.4. The van der Waals surface area contributed by atoms with Gasteiger partial charge >= 0.3 is 0 Å². The van der Waals surface area contributed by atoms with Crippen LogP contribution >= 0.6 is 0 Å². The highest BCUT2D eigenvalue weighted by Gasteiger charge is 2.26. The van der Waals surface area contributed by atoms with Gasteiger partial charge in [0.15, 0.2) is 0 Å². The molecule has 2 aliphatic heterocycles. The van der Waals surface area contributed by atoms with Crippen molar-refractivity contribution in [2.24, 2.45) is 7.05 Å². The highest BCUT2D eigenvalue weighted by atomic mass is 16.5. The molecule has 1 amide bonds. The number of fused-ring (bicyclic) bond motifs is 1. The predicted molar refractivity (Wildman–Crippen MR) is 106 cm³/mol. The molecule has 5 nitrogen and oxygen atoms in total. The molecule has 1 fully saturated rings. The molecule has 1 aromatic heterocycles. The van der Waals surface area contributed by atoms with E-state index >= 15 is 0 Å². The Hall–Kier alpha value is -2.27. The zero-order valence-electron chi connectivity index (χ0n) is 16.4. The Labute approximate surface area is 161 Å². The average Bonchev–Trinajstić information content (AvgIpc) is 3.04. The molecule has 1 saturated heterocycles. The van der Waals surface area contributed by atoms with Crippen LogP contribution in [-0.2, 0) is 26.6 Å². The van der Waals surface area contributed by atoms with E-state index in [1.165, 1.54) is 23.2 Å². The molecule has 5 heteroatoms. The smallest absolute Gasteiger partial charge is 0.270 e. The van der Waals surface area contributed by atoms with Crippen molar-refractivity contribution in [2.45, 2.75) is 38.8 Å². The quantitative estimate of drug-likeness (QED) is 0.833. The van der Waals surface area contributed by atoms with Gasteiger partial charge < -0.3 is 14.2 Å². The highest BCUT2D eigenvalue weighted by molar-refractivity contribution is 5.93. The Balaban J connectivity index is 1.48. The van der Waals surface area contributed by atoms with E-state index in [2.05, 4.69) is 27.7 Å². The first kappa shape index (κ1) is 18.1. The van der Waals surface area contributed by atoms with Crippen LogP contribution in [-0.4, -0.2) is 47.0 Å². The standard InChI is InChI=1S/C22H29N3O2/c1-23-20-9-12-24(15-17-7-6-8-19(13-17)27-2)16-18(20)14-21(23)22(26)25-10-4-3-5-11-25/h6-8,13-14H,3-5,9-12,15-16H2,1-2H3. The van der Waals surface area contributed by atoms with Gasteiger partial charge in [0.05, 0.1) is 7.11 Å². The van der Waals surface area contributed by atoms with Crippen molar-refractivity contribution in [2.75, 3.05) is 26.7 Å². The minimum atomic E-state index is 0.200. The lowest BCUT2D eigenvalue weighted by molar-refractivity contribution is 0.0714. The molecule has 0 spiro atoms. The Morgan fingerprint density at radius 1 is 1.11 bits per heavy atom. The van der Waals surface area contributed by atoms with Crippen molar-refractivity contribution in [1.82, 2.24) is 14.4 Å². The molecule has 0 N–H and O–H groups in total. The number of hydrogen-bond donors (Lipinski definition) is 0. The molecular formula is C22H29N3O2. The number of methoxy groups -OCH3 is 1. The Morgan fingerprint density at radius 3 is 2.70 bits per heavy atom. The van der Waals surface area contributed by atoms with Gasteiger partial charge in [-0.1, -0.05) is 12.1 Å². The van der Waals surface area contributed by atoms with E-state index in [1.54, 1.807) is 7.11 Å². The molecule has 3 heterocycles. The molecule has 0 aliphatic carbocycles.